The van der Waals surface area contributed by atoms with Crippen molar-refractivity contribution in [2.75, 3.05) is 17.2 Å². The van der Waals surface area contributed by atoms with Crippen LogP contribution in [-0.2, 0) is 11.2 Å². The number of carbonyl (C=O) groups is 2. The number of para-hydroxylation sites is 1. The van der Waals surface area contributed by atoms with Gasteiger partial charge in [-0.05, 0) is 42.7 Å². The van der Waals surface area contributed by atoms with Crippen LogP contribution in [-0.4, -0.2) is 18.5 Å². The number of rotatable bonds is 9. The Labute approximate surface area is 155 Å². The Morgan fingerprint density at radius 3 is 2.23 bits per heavy atom. The summed E-state index contributed by atoms with van der Waals surface area (Å²) in [5.41, 5.74) is 2.78. The zero-order chi connectivity index (χ0) is 18.6. The van der Waals surface area contributed by atoms with Crippen molar-refractivity contribution in [1.29, 1.82) is 0 Å². The van der Waals surface area contributed by atoms with E-state index in [4.69, 9.17) is 0 Å². The van der Waals surface area contributed by atoms with Gasteiger partial charge in [0.25, 0.3) is 0 Å². The van der Waals surface area contributed by atoms with Crippen LogP contribution in [0.4, 0.5) is 16.2 Å². The minimum Gasteiger partial charge on any atom is -0.337 e. The predicted octanol–water partition coefficient (Wildman–Crippen LogP) is 4.57. The van der Waals surface area contributed by atoms with Gasteiger partial charge in [0.2, 0.25) is 5.91 Å². The van der Waals surface area contributed by atoms with Crippen molar-refractivity contribution in [1.82, 2.24) is 5.32 Å². The first kappa shape index (κ1) is 19.5. The molecule has 5 nitrogen and oxygen atoms in total. The second kappa shape index (κ2) is 10.9. The second-order valence-corrected chi connectivity index (χ2v) is 6.20. The molecule has 2 rings (SSSR count). The Morgan fingerprint density at radius 2 is 1.54 bits per heavy atom. The van der Waals surface area contributed by atoms with Gasteiger partial charge in [-0.25, -0.2) is 4.79 Å². The predicted molar refractivity (Wildman–Crippen MR) is 106 cm³/mol. The average molecular weight is 353 g/mol. The molecule has 0 aliphatic carbocycles. The number of aryl methyl sites for hydroxylation is 1. The number of urea groups is 1. The van der Waals surface area contributed by atoms with Gasteiger partial charge in [-0.2, -0.15) is 0 Å². The first-order valence-electron chi connectivity index (χ1n) is 9.16. The van der Waals surface area contributed by atoms with E-state index in [9.17, 15) is 9.59 Å². The molecule has 0 spiro atoms. The van der Waals surface area contributed by atoms with E-state index in [-0.39, 0.29) is 24.9 Å². The fourth-order valence-electron chi connectivity index (χ4n) is 2.54. The molecule has 0 aliphatic rings. The van der Waals surface area contributed by atoms with E-state index in [0.29, 0.717) is 5.69 Å². The van der Waals surface area contributed by atoms with Crippen molar-refractivity contribution in [3.8, 4) is 0 Å². The molecule has 0 heterocycles. The highest BCUT2D eigenvalue weighted by Gasteiger charge is 2.05. The summed E-state index contributed by atoms with van der Waals surface area (Å²) < 4.78 is 0. The Hall–Kier alpha value is -2.82. The van der Waals surface area contributed by atoms with Gasteiger partial charge < -0.3 is 16.0 Å². The number of amides is 3. The molecule has 138 valence electrons. The van der Waals surface area contributed by atoms with Crippen LogP contribution in [0.1, 0.15) is 38.2 Å². The van der Waals surface area contributed by atoms with Gasteiger partial charge in [0.15, 0.2) is 0 Å². The summed E-state index contributed by atoms with van der Waals surface area (Å²) >= 11 is 0. The second-order valence-electron chi connectivity index (χ2n) is 6.20. The first-order chi connectivity index (χ1) is 12.7. The normalized spacial score (nSPS) is 10.2. The number of hydrogen-bond donors (Lipinski definition) is 3. The lowest BCUT2D eigenvalue weighted by Crippen LogP contribution is -2.31. The lowest BCUT2D eigenvalue weighted by atomic mass is 10.1. The van der Waals surface area contributed by atoms with Crippen LogP contribution >= 0.6 is 0 Å². The zero-order valence-electron chi connectivity index (χ0n) is 15.3. The van der Waals surface area contributed by atoms with E-state index < -0.39 is 0 Å². The van der Waals surface area contributed by atoms with Gasteiger partial charge in [-0.1, -0.05) is 50.1 Å². The maximum absolute atomic E-state index is 12.0. The van der Waals surface area contributed by atoms with Crippen LogP contribution in [0.15, 0.2) is 54.6 Å². The Morgan fingerprint density at radius 1 is 0.846 bits per heavy atom. The third-order valence-electron chi connectivity index (χ3n) is 3.98. The molecule has 0 unspecified atom stereocenters. The molecule has 2 aromatic rings. The van der Waals surface area contributed by atoms with E-state index >= 15 is 0 Å². The van der Waals surface area contributed by atoms with Crippen molar-refractivity contribution in [2.24, 2.45) is 0 Å². The summed E-state index contributed by atoms with van der Waals surface area (Å²) in [6.45, 7) is 2.47. The molecule has 0 fully saturated rings. The van der Waals surface area contributed by atoms with Gasteiger partial charge in [0, 0.05) is 24.3 Å². The molecular formula is C21H27N3O2. The SMILES string of the molecule is CCCCCc1ccc(NC(=O)CCNC(=O)Nc2ccccc2)cc1. The molecule has 0 aliphatic heterocycles. The van der Waals surface area contributed by atoms with Gasteiger partial charge in [-0.3, -0.25) is 4.79 Å². The van der Waals surface area contributed by atoms with Crippen LogP contribution in [0, 0.1) is 0 Å². The Bertz CT molecular complexity index is 684. The van der Waals surface area contributed by atoms with Gasteiger partial charge in [0.1, 0.15) is 0 Å². The van der Waals surface area contributed by atoms with Gasteiger partial charge >= 0.3 is 6.03 Å². The number of unbranched alkanes of at least 4 members (excludes halogenated alkanes) is 2. The van der Waals surface area contributed by atoms with Crippen LogP contribution in [0.5, 0.6) is 0 Å². The van der Waals surface area contributed by atoms with E-state index in [2.05, 4.69) is 35.0 Å². The number of benzene rings is 2. The topological polar surface area (TPSA) is 70.2 Å². The summed E-state index contributed by atoms with van der Waals surface area (Å²) in [6, 6.07) is 16.8. The third kappa shape index (κ3) is 7.38. The van der Waals surface area contributed by atoms with Crippen LogP contribution in [0.2, 0.25) is 0 Å². The maximum Gasteiger partial charge on any atom is 0.319 e. The third-order valence-corrected chi connectivity index (χ3v) is 3.98. The lowest BCUT2D eigenvalue weighted by Gasteiger charge is -2.09. The molecule has 0 atom stereocenters. The van der Waals surface area contributed by atoms with Crippen LogP contribution < -0.4 is 16.0 Å². The van der Waals surface area contributed by atoms with E-state index in [1.54, 1.807) is 12.1 Å². The quantitative estimate of drug-likeness (QED) is 0.578. The largest absolute Gasteiger partial charge is 0.337 e. The van der Waals surface area contributed by atoms with Crippen LogP contribution in [0.25, 0.3) is 0 Å². The molecule has 0 aromatic heterocycles. The van der Waals surface area contributed by atoms with Crippen molar-refractivity contribution >= 4 is 23.3 Å². The highest BCUT2D eigenvalue weighted by atomic mass is 16.2. The van der Waals surface area contributed by atoms with Crippen molar-refractivity contribution in [3.05, 3.63) is 60.2 Å². The Balaban J connectivity index is 1.66. The zero-order valence-corrected chi connectivity index (χ0v) is 15.3. The summed E-state index contributed by atoms with van der Waals surface area (Å²) in [5, 5.41) is 8.23. The molecule has 26 heavy (non-hydrogen) atoms. The standard InChI is InChI=1S/C21H27N3O2/c1-2-3-5-8-17-11-13-19(14-12-17)23-20(25)15-16-22-21(26)24-18-9-6-4-7-10-18/h4,6-7,9-14H,2-3,5,8,15-16H2,1H3,(H,23,25)(H2,22,24,26). The Kier molecular flexibility index (Phi) is 8.19. The maximum atomic E-state index is 12.0. The lowest BCUT2D eigenvalue weighted by molar-refractivity contribution is -0.116. The summed E-state index contributed by atoms with van der Waals surface area (Å²) in [4.78, 5) is 23.7. The number of carbonyl (C=O) groups excluding carboxylic acids is 2. The summed E-state index contributed by atoms with van der Waals surface area (Å²) in [7, 11) is 0. The molecule has 0 saturated heterocycles. The van der Waals surface area contributed by atoms with E-state index in [1.807, 2.05) is 30.3 Å². The van der Waals surface area contributed by atoms with Crippen molar-refractivity contribution in [2.45, 2.75) is 39.0 Å². The van der Waals surface area contributed by atoms with Crippen LogP contribution in [0.3, 0.4) is 0 Å². The molecule has 0 bridgehead atoms. The summed E-state index contributed by atoms with van der Waals surface area (Å²) in [6.07, 6.45) is 4.94. The minimum absolute atomic E-state index is 0.122. The highest BCUT2D eigenvalue weighted by Crippen LogP contribution is 2.12. The first-order valence-corrected chi connectivity index (χ1v) is 9.16. The molecule has 3 amide bonds. The molecule has 0 saturated carbocycles. The fourth-order valence-corrected chi connectivity index (χ4v) is 2.54. The van der Waals surface area contributed by atoms with Crippen molar-refractivity contribution < 1.29 is 9.59 Å². The fraction of sp³-hybridized carbons (Fsp3) is 0.333. The summed E-state index contributed by atoms with van der Waals surface area (Å²) in [5.74, 6) is -0.122. The number of hydrogen-bond acceptors (Lipinski definition) is 2. The molecular weight excluding hydrogens is 326 g/mol. The molecule has 2 aromatic carbocycles. The van der Waals surface area contributed by atoms with Gasteiger partial charge in [0.05, 0.1) is 0 Å². The average Bonchev–Trinajstić information content (AvgIpc) is 2.64. The molecule has 0 radical (unpaired) electrons. The smallest absolute Gasteiger partial charge is 0.319 e. The molecule has 5 heteroatoms. The van der Waals surface area contributed by atoms with E-state index in [1.165, 1.54) is 24.8 Å². The van der Waals surface area contributed by atoms with E-state index in [0.717, 1.165) is 12.1 Å². The molecule has 3 N–H and O–H groups in total. The van der Waals surface area contributed by atoms with Crippen molar-refractivity contribution in [3.63, 3.8) is 0 Å². The van der Waals surface area contributed by atoms with Gasteiger partial charge in [-0.15, -0.1) is 0 Å². The monoisotopic (exact) mass is 353 g/mol. The number of anilines is 2. The number of nitrogens with one attached hydrogen (secondary N) is 3. The minimum atomic E-state index is -0.319. The highest BCUT2D eigenvalue weighted by molar-refractivity contribution is 5.92.